The molecule has 0 radical (unpaired) electrons. The molecule has 1 aliphatic rings. The van der Waals surface area contributed by atoms with Crippen molar-refractivity contribution < 1.29 is 5.11 Å². The van der Waals surface area contributed by atoms with Crippen LogP contribution >= 0.6 is 0 Å². The monoisotopic (exact) mass is 185 g/mol. The average Bonchev–Trinajstić information content (AvgIpc) is 2.15. The van der Waals surface area contributed by atoms with Crippen molar-refractivity contribution in [1.82, 2.24) is 4.90 Å². The maximum Gasteiger partial charge on any atom is 0.0774 e. The highest BCUT2D eigenvalue weighted by Crippen LogP contribution is 2.28. The van der Waals surface area contributed by atoms with Gasteiger partial charge in [-0.1, -0.05) is 33.1 Å². The van der Waals surface area contributed by atoms with E-state index in [1.165, 1.54) is 19.3 Å². The van der Waals surface area contributed by atoms with Crippen LogP contribution in [0.5, 0.6) is 0 Å². The molecule has 2 heteroatoms. The number of nitrogens with zero attached hydrogens (tertiary/aromatic N) is 1. The van der Waals surface area contributed by atoms with Crippen molar-refractivity contribution >= 4 is 0 Å². The molecule has 0 saturated heterocycles. The van der Waals surface area contributed by atoms with Gasteiger partial charge in [0.1, 0.15) is 0 Å². The lowest BCUT2D eigenvalue weighted by Gasteiger charge is -2.36. The van der Waals surface area contributed by atoms with E-state index in [0.717, 1.165) is 32.5 Å². The Morgan fingerprint density at radius 2 is 1.62 bits per heavy atom. The Morgan fingerprint density at radius 3 is 2.08 bits per heavy atom. The summed E-state index contributed by atoms with van der Waals surface area (Å²) in [6.45, 7) is 7.31. The fourth-order valence-corrected chi connectivity index (χ4v) is 2.23. The highest BCUT2D eigenvalue weighted by atomic mass is 16.3. The van der Waals surface area contributed by atoms with Crippen LogP contribution in [0.25, 0.3) is 0 Å². The Hall–Kier alpha value is -0.0800. The van der Waals surface area contributed by atoms with E-state index in [1.807, 2.05) is 0 Å². The third kappa shape index (κ3) is 3.28. The molecule has 1 saturated carbocycles. The molecule has 1 fully saturated rings. The zero-order valence-corrected chi connectivity index (χ0v) is 9.05. The summed E-state index contributed by atoms with van der Waals surface area (Å²) in [4.78, 5) is 2.32. The Morgan fingerprint density at radius 1 is 1.08 bits per heavy atom. The van der Waals surface area contributed by atoms with E-state index >= 15 is 0 Å². The van der Waals surface area contributed by atoms with Gasteiger partial charge in [0.2, 0.25) is 0 Å². The first-order valence-corrected chi connectivity index (χ1v) is 5.65. The third-order valence-corrected chi connectivity index (χ3v) is 3.20. The van der Waals surface area contributed by atoms with E-state index < -0.39 is 0 Å². The molecule has 0 aromatic heterocycles. The Balaban J connectivity index is 2.39. The molecule has 0 heterocycles. The standard InChI is InChI=1S/C11H23NO/c1-3-12(4-2)10-11(13)8-6-5-7-9-11/h13H,3-10H2,1-2H3. The van der Waals surface area contributed by atoms with E-state index in [1.54, 1.807) is 0 Å². The van der Waals surface area contributed by atoms with Crippen LogP contribution in [0.3, 0.4) is 0 Å². The van der Waals surface area contributed by atoms with Gasteiger partial charge in [0.25, 0.3) is 0 Å². The number of rotatable bonds is 4. The van der Waals surface area contributed by atoms with Gasteiger partial charge in [-0.2, -0.15) is 0 Å². The van der Waals surface area contributed by atoms with Gasteiger partial charge in [-0.15, -0.1) is 0 Å². The third-order valence-electron chi connectivity index (χ3n) is 3.20. The Bertz CT molecular complexity index is 137. The van der Waals surface area contributed by atoms with Crippen LogP contribution in [0.15, 0.2) is 0 Å². The summed E-state index contributed by atoms with van der Waals surface area (Å²) in [7, 11) is 0. The van der Waals surface area contributed by atoms with Gasteiger partial charge >= 0.3 is 0 Å². The summed E-state index contributed by atoms with van der Waals surface area (Å²) in [6.07, 6.45) is 5.73. The van der Waals surface area contributed by atoms with E-state index in [4.69, 9.17) is 0 Å². The molecule has 0 aromatic carbocycles. The molecule has 0 atom stereocenters. The summed E-state index contributed by atoms with van der Waals surface area (Å²) in [5.74, 6) is 0. The lowest BCUT2D eigenvalue weighted by atomic mass is 9.84. The van der Waals surface area contributed by atoms with E-state index in [0.29, 0.717) is 0 Å². The van der Waals surface area contributed by atoms with Gasteiger partial charge in [-0.25, -0.2) is 0 Å². The number of likely N-dealkylation sites (N-methyl/N-ethyl adjacent to an activating group) is 1. The quantitative estimate of drug-likeness (QED) is 0.724. The zero-order chi connectivity index (χ0) is 9.73. The van der Waals surface area contributed by atoms with Crippen LogP contribution in [-0.4, -0.2) is 35.2 Å². The van der Waals surface area contributed by atoms with Crippen LogP contribution in [0.1, 0.15) is 46.0 Å². The zero-order valence-electron chi connectivity index (χ0n) is 9.05. The van der Waals surface area contributed by atoms with Crippen LogP contribution in [0.2, 0.25) is 0 Å². The molecule has 0 amide bonds. The predicted octanol–water partition coefficient (Wildman–Crippen LogP) is 2.02. The molecule has 1 N–H and O–H groups in total. The SMILES string of the molecule is CCN(CC)CC1(O)CCCCC1. The molecule has 2 nitrogen and oxygen atoms in total. The first-order chi connectivity index (χ1) is 6.20. The summed E-state index contributed by atoms with van der Waals surface area (Å²) in [5.41, 5.74) is -0.371. The number of hydrogen-bond acceptors (Lipinski definition) is 2. The highest BCUT2D eigenvalue weighted by molar-refractivity contribution is 4.85. The van der Waals surface area contributed by atoms with Crippen LogP contribution in [0, 0.1) is 0 Å². The molecular formula is C11H23NO. The van der Waals surface area contributed by atoms with Crippen LogP contribution in [0.4, 0.5) is 0 Å². The lowest BCUT2D eigenvalue weighted by Crippen LogP contribution is -2.44. The maximum atomic E-state index is 10.3. The van der Waals surface area contributed by atoms with Crippen molar-refractivity contribution in [2.45, 2.75) is 51.6 Å². The minimum absolute atomic E-state index is 0.371. The van der Waals surface area contributed by atoms with Gasteiger partial charge < -0.3 is 10.0 Å². The van der Waals surface area contributed by atoms with Crippen LogP contribution in [-0.2, 0) is 0 Å². The van der Waals surface area contributed by atoms with Gasteiger partial charge in [0.05, 0.1) is 5.60 Å². The van der Waals surface area contributed by atoms with Crippen molar-refractivity contribution in [3.8, 4) is 0 Å². The predicted molar refractivity (Wildman–Crippen MR) is 55.8 cm³/mol. The van der Waals surface area contributed by atoms with E-state index in [-0.39, 0.29) is 5.60 Å². The van der Waals surface area contributed by atoms with Crippen molar-refractivity contribution in [1.29, 1.82) is 0 Å². The summed E-state index contributed by atoms with van der Waals surface area (Å²) < 4.78 is 0. The normalized spacial score (nSPS) is 22.2. The first kappa shape index (κ1) is 11.0. The minimum Gasteiger partial charge on any atom is -0.389 e. The molecule has 78 valence electrons. The van der Waals surface area contributed by atoms with Crippen molar-refractivity contribution in [3.05, 3.63) is 0 Å². The number of aliphatic hydroxyl groups is 1. The van der Waals surface area contributed by atoms with Gasteiger partial charge in [0.15, 0.2) is 0 Å². The number of hydrogen-bond donors (Lipinski definition) is 1. The van der Waals surface area contributed by atoms with Gasteiger partial charge in [-0.3, -0.25) is 0 Å². The molecule has 13 heavy (non-hydrogen) atoms. The highest BCUT2D eigenvalue weighted by Gasteiger charge is 2.30. The van der Waals surface area contributed by atoms with Crippen LogP contribution < -0.4 is 0 Å². The second-order valence-electron chi connectivity index (χ2n) is 4.25. The van der Waals surface area contributed by atoms with Gasteiger partial charge in [-0.05, 0) is 25.9 Å². The molecule has 1 aliphatic carbocycles. The fourth-order valence-electron chi connectivity index (χ4n) is 2.23. The molecule has 0 spiro atoms. The lowest BCUT2D eigenvalue weighted by molar-refractivity contribution is -0.0241. The Labute approximate surface area is 81.9 Å². The maximum absolute atomic E-state index is 10.3. The molecule has 0 aliphatic heterocycles. The smallest absolute Gasteiger partial charge is 0.0774 e. The second kappa shape index (κ2) is 4.97. The second-order valence-corrected chi connectivity index (χ2v) is 4.25. The fraction of sp³-hybridized carbons (Fsp3) is 1.00. The Kier molecular flexibility index (Phi) is 4.20. The van der Waals surface area contributed by atoms with Crippen molar-refractivity contribution in [2.75, 3.05) is 19.6 Å². The summed E-state index contributed by atoms with van der Waals surface area (Å²) >= 11 is 0. The van der Waals surface area contributed by atoms with Crippen molar-refractivity contribution in [3.63, 3.8) is 0 Å². The molecular weight excluding hydrogens is 162 g/mol. The average molecular weight is 185 g/mol. The molecule has 0 unspecified atom stereocenters. The molecule has 0 aromatic rings. The first-order valence-electron chi connectivity index (χ1n) is 5.65. The van der Waals surface area contributed by atoms with E-state index in [2.05, 4.69) is 18.7 Å². The van der Waals surface area contributed by atoms with Crippen molar-refractivity contribution in [2.24, 2.45) is 0 Å². The molecule has 1 rings (SSSR count). The summed E-state index contributed by atoms with van der Waals surface area (Å²) in [6, 6.07) is 0. The largest absolute Gasteiger partial charge is 0.389 e. The van der Waals surface area contributed by atoms with E-state index in [9.17, 15) is 5.11 Å². The molecule has 0 bridgehead atoms. The van der Waals surface area contributed by atoms with Gasteiger partial charge in [0, 0.05) is 6.54 Å². The summed E-state index contributed by atoms with van der Waals surface area (Å²) in [5, 5.41) is 10.3. The topological polar surface area (TPSA) is 23.5 Å². The minimum atomic E-state index is -0.371.